The van der Waals surface area contributed by atoms with Crippen molar-refractivity contribution < 1.29 is 19.4 Å². The lowest BCUT2D eigenvalue weighted by atomic mass is 10.1. The molecule has 0 spiro atoms. The van der Waals surface area contributed by atoms with Gasteiger partial charge < -0.3 is 9.84 Å². The van der Waals surface area contributed by atoms with Crippen molar-refractivity contribution >= 4 is 68.9 Å². The van der Waals surface area contributed by atoms with E-state index >= 15 is 0 Å². The van der Waals surface area contributed by atoms with Crippen LogP contribution >= 0.6 is 35.7 Å². The molecule has 1 aromatic heterocycles. The molecule has 3 rings (SSSR count). The largest absolute Gasteiger partial charge is 0.492 e. The standard InChI is InChI=1S/C20H20N2O4S3/c1-3-26-15-6-4-5-12-7-8-13(21-17(12)15)11-16-18(23)22(20(27)29-16)14(19(24)25)9-10-28-2/h4-8,11,14H,3,9-10H2,1-2H3,(H,24,25)/b16-11-/t14-/m1/s1. The first-order chi connectivity index (χ1) is 14.0. The summed E-state index contributed by atoms with van der Waals surface area (Å²) in [6, 6.07) is 8.46. The predicted molar refractivity (Wildman–Crippen MR) is 122 cm³/mol. The van der Waals surface area contributed by atoms with E-state index in [1.54, 1.807) is 6.08 Å². The molecule has 1 aromatic carbocycles. The Morgan fingerprint density at radius 3 is 2.90 bits per heavy atom. The summed E-state index contributed by atoms with van der Waals surface area (Å²) in [5, 5.41) is 10.5. The summed E-state index contributed by atoms with van der Waals surface area (Å²) in [6.07, 6.45) is 3.88. The molecule has 0 bridgehead atoms. The molecule has 29 heavy (non-hydrogen) atoms. The highest BCUT2D eigenvalue weighted by Gasteiger charge is 2.40. The van der Waals surface area contributed by atoms with Crippen LogP contribution in [0.3, 0.4) is 0 Å². The summed E-state index contributed by atoms with van der Waals surface area (Å²) in [5.74, 6) is -0.148. The number of benzene rings is 1. The fourth-order valence-corrected chi connectivity index (χ4v) is 4.76. The summed E-state index contributed by atoms with van der Waals surface area (Å²) >= 11 is 7.94. The van der Waals surface area contributed by atoms with Gasteiger partial charge in [-0.1, -0.05) is 42.2 Å². The van der Waals surface area contributed by atoms with Crippen molar-refractivity contribution in [3.63, 3.8) is 0 Å². The van der Waals surface area contributed by atoms with Crippen LogP contribution in [-0.2, 0) is 9.59 Å². The number of nitrogens with zero attached hydrogens (tertiary/aromatic N) is 2. The summed E-state index contributed by atoms with van der Waals surface area (Å²) in [4.78, 5) is 30.8. The minimum atomic E-state index is -1.05. The number of rotatable bonds is 8. The third kappa shape index (κ3) is 4.73. The molecule has 0 unspecified atom stereocenters. The fraction of sp³-hybridized carbons (Fsp3) is 0.300. The smallest absolute Gasteiger partial charge is 0.326 e. The average molecular weight is 449 g/mol. The van der Waals surface area contributed by atoms with E-state index in [9.17, 15) is 14.7 Å². The molecule has 9 heteroatoms. The van der Waals surface area contributed by atoms with Crippen LogP contribution in [0.25, 0.3) is 17.0 Å². The summed E-state index contributed by atoms with van der Waals surface area (Å²) in [6.45, 7) is 2.43. The van der Waals surface area contributed by atoms with E-state index in [4.69, 9.17) is 17.0 Å². The first-order valence-corrected chi connectivity index (χ1v) is 11.6. The van der Waals surface area contributed by atoms with Gasteiger partial charge in [0.05, 0.1) is 17.2 Å². The second-order valence-electron chi connectivity index (χ2n) is 6.18. The molecule has 1 atom stereocenters. The molecule has 2 heterocycles. The fourth-order valence-electron chi connectivity index (χ4n) is 2.96. The topological polar surface area (TPSA) is 79.7 Å². The van der Waals surface area contributed by atoms with Gasteiger partial charge in [0, 0.05) is 5.39 Å². The molecular formula is C20H20N2O4S3. The lowest BCUT2D eigenvalue weighted by Gasteiger charge is -2.22. The maximum absolute atomic E-state index is 12.9. The van der Waals surface area contributed by atoms with Crippen molar-refractivity contribution in [2.24, 2.45) is 0 Å². The minimum Gasteiger partial charge on any atom is -0.492 e. The van der Waals surface area contributed by atoms with Gasteiger partial charge in [0.15, 0.2) is 0 Å². The number of aliphatic carboxylic acids is 1. The highest BCUT2D eigenvalue weighted by Crippen LogP contribution is 2.35. The molecule has 152 valence electrons. The zero-order valence-electron chi connectivity index (χ0n) is 16.0. The van der Waals surface area contributed by atoms with Gasteiger partial charge >= 0.3 is 5.97 Å². The van der Waals surface area contributed by atoms with Gasteiger partial charge in [0.2, 0.25) is 0 Å². The molecule has 1 saturated heterocycles. The van der Waals surface area contributed by atoms with Crippen molar-refractivity contribution in [2.45, 2.75) is 19.4 Å². The molecule has 0 radical (unpaired) electrons. The number of carboxylic acid groups (broad SMARTS) is 1. The van der Waals surface area contributed by atoms with Gasteiger partial charge in [-0.15, -0.1) is 0 Å². The third-order valence-electron chi connectivity index (χ3n) is 4.30. The Morgan fingerprint density at radius 1 is 1.41 bits per heavy atom. The van der Waals surface area contributed by atoms with E-state index in [0.29, 0.717) is 40.6 Å². The highest BCUT2D eigenvalue weighted by atomic mass is 32.2. The summed E-state index contributed by atoms with van der Waals surface area (Å²) in [7, 11) is 0. The van der Waals surface area contributed by atoms with E-state index in [1.165, 1.54) is 16.7 Å². The van der Waals surface area contributed by atoms with Crippen LogP contribution in [0.4, 0.5) is 0 Å². The molecule has 1 N–H and O–H groups in total. The van der Waals surface area contributed by atoms with Crippen LogP contribution in [0, 0.1) is 0 Å². The maximum Gasteiger partial charge on any atom is 0.326 e. The van der Waals surface area contributed by atoms with Crippen molar-refractivity contribution in [2.75, 3.05) is 18.6 Å². The van der Waals surface area contributed by atoms with Crippen LogP contribution in [0.1, 0.15) is 19.0 Å². The van der Waals surface area contributed by atoms with Crippen molar-refractivity contribution in [1.82, 2.24) is 9.88 Å². The second kappa shape index (κ2) is 9.60. The first-order valence-electron chi connectivity index (χ1n) is 8.97. The number of para-hydroxylation sites is 1. The van der Waals surface area contributed by atoms with Crippen LogP contribution in [0.15, 0.2) is 35.2 Å². The Hall–Kier alpha value is -2.10. The van der Waals surface area contributed by atoms with Crippen LogP contribution in [-0.4, -0.2) is 55.8 Å². The molecule has 6 nitrogen and oxygen atoms in total. The monoisotopic (exact) mass is 448 g/mol. The zero-order chi connectivity index (χ0) is 21.0. The lowest BCUT2D eigenvalue weighted by Crippen LogP contribution is -2.44. The number of pyridine rings is 1. The van der Waals surface area contributed by atoms with Crippen LogP contribution < -0.4 is 4.74 Å². The molecule has 0 aliphatic carbocycles. The van der Waals surface area contributed by atoms with Crippen LogP contribution in [0.2, 0.25) is 0 Å². The third-order valence-corrected chi connectivity index (χ3v) is 6.27. The molecule has 1 aliphatic heterocycles. The first kappa shape index (κ1) is 21.6. The number of thiocarbonyl (C=S) groups is 1. The van der Waals surface area contributed by atoms with Gasteiger partial charge in [-0.3, -0.25) is 9.69 Å². The Bertz CT molecular complexity index is 993. The molecule has 1 fully saturated rings. The van der Waals surface area contributed by atoms with Crippen molar-refractivity contribution in [3.05, 3.63) is 40.9 Å². The predicted octanol–water partition coefficient (Wildman–Crippen LogP) is 4.04. The molecular weight excluding hydrogens is 428 g/mol. The minimum absolute atomic E-state index is 0.255. The number of aromatic nitrogens is 1. The Morgan fingerprint density at radius 2 is 2.21 bits per heavy atom. The van der Waals surface area contributed by atoms with E-state index in [-0.39, 0.29) is 4.32 Å². The van der Waals surface area contributed by atoms with E-state index in [2.05, 4.69) is 4.98 Å². The number of thioether (sulfide) groups is 2. The number of amides is 1. The Labute approximate surface area is 182 Å². The number of hydrogen-bond acceptors (Lipinski definition) is 7. The van der Waals surface area contributed by atoms with Crippen molar-refractivity contribution in [1.29, 1.82) is 0 Å². The quantitative estimate of drug-likeness (QED) is 0.479. The number of carbonyl (C=O) groups is 2. The van der Waals surface area contributed by atoms with Gasteiger partial charge in [-0.25, -0.2) is 9.78 Å². The molecule has 1 amide bonds. The molecule has 2 aromatic rings. The summed E-state index contributed by atoms with van der Waals surface area (Å²) < 4.78 is 5.90. The Balaban J connectivity index is 1.92. The highest BCUT2D eigenvalue weighted by molar-refractivity contribution is 8.26. The van der Waals surface area contributed by atoms with Crippen molar-refractivity contribution in [3.8, 4) is 5.75 Å². The van der Waals surface area contributed by atoms with Crippen LogP contribution in [0.5, 0.6) is 5.75 Å². The Kier molecular flexibility index (Phi) is 7.15. The number of carbonyl (C=O) groups excluding carboxylic acids is 1. The van der Waals surface area contributed by atoms with Gasteiger partial charge in [-0.05, 0) is 43.6 Å². The SMILES string of the molecule is CCOc1cccc2ccc(/C=C3\SC(=S)N([C@H](CCSC)C(=O)O)C3=O)nc12. The lowest BCUT2D eigenvalue weighted by molar-refractivity contribution is -0.145. The van der Waals surface area contributed by atoms with E-state index < -0.39 is 17.9 Å². The molecule has 1 aliphatic rings. The number of ether oxygens (including phenoxy) is 1. The van der Waals surface area contributed by atoms with Gasteiger partial charge in [0.1, 0.15) is 21.6 Å². The second-order valence-corrected chi connectivity index (χ2v) is 8.85. The van der Waals surface area contributed by atoms with Gasteiger partial charge in [-0.2, -0.15) is 11.8 Å². The normalized spacial score (nSPS) is 16.6. The average Bonchev–Trinajstić information content (AvgIpc) is 2.96. The number of hydrogen-bond donors (Lipinski definition) is 1. The zero-order valence-corrected chi connectivity index (χ0v) is 18.4. The van der Waals surface area contributed by atoms with E-state index in [1.807, 2.05) is 43.5 Å². The maximum atomic E-state index is 12.9. The summed E-state index contributed by atoms with van der Waals surface area (Å²) in [5.41, 5.74) is 1.29. The van der Waals surface area contributed by atoms with E-state index in [0.717, 1.165) is 17.1 Å². The number of carboxylic acids is 1. The van der Waals surface area contributed by atoms with Gasteiger partial charge in [0.25, 0.3) is 5.91 Å². The molecule has 0 saturated carbocycles. The number of fused-ring (bicyclic) bond motifs is 1.